The molecule has 4 bridgehead atoms. The van der Waals surface area contributed by atoms with Gasteiger partial charge in [-0.3, -0.25) is 14.4 Å². The first kappa shape index (κ1) is 12.3. The number of carbonyl (C=O) groups is 3. The van der Waals surface area contributed by atoms with Gasteiger partial charge in [0.15, 0.2) is 5.78 Å². The van der Waals surface area contributed by atoms with Crippen LogP contribution in [0.3, 0.4) is 0 Å². The minimum Gasteiger partial charge on any atom is -0.465 e. The Labute approximate surface area is 111 Å². The molecular weight excluding hydrogens is 244 g/mol. The van der Waals surface area contributed by atoms with E-state index >= 15 is 0 Å². The van der Waals surface area contributed by atoms with E-state index in [-0.39, 0.29) is 30.0 Å². The molecule has 0 heterocycles. The molecule has 0 N–H and O–H groups in total. The highest BCUT2D eigenvalue weighted by molar-refractivity contribution is 6.12. The second kappa shape index (κ2) is 4.15. The van der Waals surface area contributed by atoms with Crippen molar-refractivity contribution in [2.75, 3.05) is 6.61 Å². The summed E-state index contributed by atoms with van der Waals surface area (Å²) in [5.41, 5.74) is -1.24. The number of Topliss-reactive ketones (excluding diaryl/α,β-unsaturated/α-hetero) is 2. The third kappa shape index (κ3) is 1.49. The zero-order valence-corrected chi connectivity index (χ0v) is 10.8. The van der Waals surface area contributed by atoms with Gasteiger partial charge in [-0.2, -0.15) is 0 Å². The summed E-state index contributed by atoms with van der Waals surface area (Å²) in [6.45, 7) is 1.96. The van der Waals surface area contributed by atoms with Crippen molar-refractivity contribution in [2.24, 2.45) is 23.2 Å². The molecule has 0 aromatic rings. The molecule has 2 fully saturated rings. The lowest BCUT2D eigenvalue weighted by Crippen LogP contribution is -2.50. The normalized spacial score (nSPS) is 39.3. The zero-order valence-electron chi connectivity index (χ0n) is 10.8. The van der Waals surface area contributed by atoms with E-state index < -0.39 is 17.3 Å². The summed E-state index contributed by atoms with van der Waals surface area (Å²) >= 11 is 0. The van der Waals surface area contributed by atoms with Gasteiger partial charge in [0.25, 0.3) is 0 Å². The average molecular weight is 260 g/mol. The van der Waals surface area contributed by atoms with Crippen LogP contribution in [-0.2, 0) is 19.1 Å². The fraction of sp³-hybridized carbons (Fsp3) is 0.533. The number of allylic oxidation sites excluding steroid dienone is 3. The number of rotatable bonds is 2. The van der Waals surface area contributed by atoms with E-state index in [2.05, 4.69) is 0 Å². The van der Waals surface area contributed by atoms with Crippen molar-refractivity contribution in [1.82, 2.24) is 0 Å². The minimum absolute atomic E-state index is 0.106. The zero-order chi connectivity index (χ0) is 13.6. The maximum absolute atomic E-state index is 12.7. The predicted molar refractivity (Wildman–Crippen MR) is 67.1 cm³/mol. The van der Waals surface area contributed by atoms with E-state index in [9.17, 15) is 14.4 Å². The van der Waals surface area contributed by atoms with Crippen LogP contribution in [0.25, 0.3) is 0 Å². The molecule has 0 amide bonds. The maximum Gasteiger partial charge on any atom is 0.323 e. The summed E-state index contributed by atoms with van der Waals surface area (Å²) in [6, 6.07) is 0. The van der Waals surface area contributed by atoms with Crippen molar-refractivity contribution in [1.29, 1.82) is 0 Å². The van der Waals surface area contributed by atoms with Crippen LogP contribution in [-0.4, -0.2) is 24.1 Å². The molecular formula is C15H16O4. The van der Waals surface area contributed by atoms with Crippen LogP contribution < -0.4 is 0 Å². The SMILES string of the molecule is CCOC(=O)C12C=CC=CC(C1=O)C1CC2CC1=O. The molecule has 4 atom stereocenters. The maximum atomic E-state index is 12.7. The van der Waals surface area contributed by atoms with Gasteiger partial charge in [0.1, 0.15) is 11.2 Å². The third-order valence-electron chi connectivity index (χ3n) is 4.59. The Morgan fingerprint density at radius 3 is 2.95 bits per heavy atom. The largest absolute Gasteiger partial charge is 0.465 e. The standard InChI is InChI=1S/C15H16O4/c1-2-19-14(18)15-6-4-3-5-10(13(15)17)11-7-9(15)8-12(11)16/h3-6,9-11H,2,7-8H2,1H3. The van der Waals surface area contributed by atoms with Gasteiger partial charge in [-0.25, -0.2) is 0 Å². The molecule has 0 radical (unpaired) electrons. The fourth-order valence-electron chi connectivity index (χ4n) is 3.69. The van der Waals surface area contributed by atoms with E-state index in [0.29, 0.717) is 12.8 Å². The highest BCUT2D eigenvalue weighted by atomic mass is 16.5. The molecule has 4 unspecified atom stereocenters. The van der Waals surface area contributed by atoms with Crippen LogP contribution in [0.4, 0.5) is 0 Å². The number of hydrogen-bond donors (Lipinski definition) is 0. The Morgan fingerprint density at radius 2 is 2.21 bits per heavy atom. The lowest BCUT2D eigenvalue weighted by atomic mass is 9.62. The molecule has 4 nitrogen and oxygen atoms in total. The Hall–Kier alpha value is -1.71. The molecule has 0 aromatic carbocycles. The molecule has 19 heavy (non-hydrogen) atoms. The van der Waals surface area contributed by atoms with Gasteiger partial charge in [-0.15, -0.1) is 0 Å². The van der Waals surface area contributed by atoms with Gasteiger partial charge >= 0.3 is 5.97 Å². The number of ketones is 2. The van der Waals surface area contributed by atoms with Crippen molar-refractivity contribution in [2.45, 2.75) is 19.8 Å². The van der Waals surface area contributed by atoms with E-state index in [4.69, 9.17) is 4.74 Å². The van der Waals surface area contributed by atoms with Crippen molar-refractivity contribution in [3.8, 4) is 0 Å². The first-order chi connectivity index (χ1) is 9.11. The summed E-state index contributed by atoms with van der Waals surface area (Å²) in [6.07, 6.45) is 7.82. The van der Waals surface area contributed by atoms with Gasteiger partial charge in [0, 0.05) is 18.3 Å². The van der Waals surface area contributed by atoms with Crippen molar-refractivity contribution in [3.63, 3.8) is 0 Å². The molecule has 0 saturated heterocycles. The van der Waals surface area contributed by atoms with E-state index in [1.165, 1.54) is 0 Å². The van der Waals surface area contributed by atoms with Crippen molar-refractivity contribution >= 4 is 17.5 Å². The minimum atomic E-state index is -1.24. The van der Waals surface area contributed by atoms with Crippen LogP contribution in [0.1, 0.15) is 19.8 Å². The van der Waals surface area contributed by atoms with E-state index in [1.807, 2.05) is 0 Å². The second-order valence-electron chi connectivity index (χ2n) is 5.43. The third-order valence-corrected chi connectivity index (χ3v) is 4.59. The molecule has 0 aromatic heterocycles. The van der Waals surface area contributed by atoms with Crippen molar-refractivity contribution < 1.29 is 19.1 Å². The molecule has 3 aliphatic rings. The predicted octanol–water partition coefficient (Wildman–Crippen LogP) is 1.46. The van der Waals surface area contributed by atoms with Crippen LogP contribution in [0, 0.1) is 23.2 Å². The monoisotopic (exact) mass is 260 g/mol. The smallest absolute Gasteiger partial charge is 0.323 e. The number of esters is 1. The van der Waals surface area contributed by atoms with Gasteiger partial charge in [-0.05, 0) is 19.3 Å². The topological polar surface area (TPSA) is 60.4 Å². The summed E-state index contributed by atoms with van der Waals surface area (Å²) in [4.78, 5) is 37.1. The lowest BCUT2D eigenvalue weighted by molar-refractivity contribution is -0.163. The fourth-order valence-corrected chi connectivity index (χ4v) is 3.69. The molecule has 2 saturated carbocycles. The van der Waals surface area contributed by atoms with E-state index in [0.717, 1.165) is 0 Å². The summed E-state index contributed by atoms with van der Waals surface area (Å²) in [5, 5.41) is 0. The number of carbonyl (C=O) groups excluding carboxylic acids is 3. The van der Waals surface area contributed by atoms with Crippen LogP contribution in [0.2, 0.25) is 0 Å². The lowest BCUT2D eigenvalue weighted by Gasteiger charge is -2.38. The Balaban J connectivity index is 2.12. The Kier molecular flexibility index (Phi) is 2.69. The second-order valence-corrected chi connectivity index (χ2v) is 5.43. The molecule has 4 heteroatoms. The summed E-state index contributed by atoms with van der Waals surface area (Å²) < 4.78 is 5.12. The van der Waals surface area contributed by atoms with Crippen LogP contribution in [0.15, 0.2) is 24.3 Å². The Bertz CT molecular complexity index is 516. The summed E-state index contributed by atoms with van der Waals surface area (Å²) in [7, 11) is 0. The first-order valence-electron chi connectivity index (χ1n) is 6.71. The van der Waals surface area contributed by atoms with Crippen LogP contribution in [0.5, 0.6) is 0 Å². The van der Waals surface area contributed by atoms with Crippen LogP contribution >= 0.6 is 0 Å². The quantitative estimate of drug-likeness (QED) is 0.557. The highest BCUT2D eigenvalue weighted by Crippen LogP contribution is 2.53. The van der Waals surface area contributed by atoms with Gasteiger partial charge in [-0.1, -0.05) is 24.3 Å². The summed E-state index contributed by atoms with van der Waals surface area (Å²) in [5.74, 6) is -1.49. The average Bonchev–Trinajstić information content (AvgIpc) is 2.67. The highest BCUT2D eigenvalue weighted by Gasteiger charge is 2.63. The first-order valence-corrected chi connectivity index (χ1v) is 6.71. The van der Waals surface area contributed by atoms with Crippen molar-refractivity contribution in [3.05, 3.63) is 24.3 Å². The molecule has 0 spiro atoms. The van der Waals surface area contributed by atoms with E-state index in [1.54, 1.807) is 31.2 Å². The Morgan fingerprint density at radius 1 is 1.42 bits per heavy atom. The molecule has 3 rings (SSSR count). The van der Waals surface area contributed by atoms with Gasteiger partial charge < -0.3 is 4.74 Å². The number of hydrogen-bond acceptors (Lipinski definition) is 4. The molecule has 3 aliphatic carbocycles. The number of fused-ring (bicyclic) bond motifs is 6. The number of ether oxygens (including phenoxy) is 1. The molecule has 0 aliphatic heterocycles. The van der Waals surface area contributed by atoms with Gasteiger partial charge in [0.2, 0.25) is 0 Å². The van der Waals surface area contributed by atoms with Gasteiger partial charge in [0.05, 0.1) is 6.61 Å². The molecule has 100 valence electrons.